The fraction of sp³-hybridized carbons (Fsp3) is 0.304. The molecule has 5 nitrogen and oxygen atoms in total. The monoisotopic (exact) mass is 394 g/mol. The lowest BCUT2D eigenvalue weighted by Crippen LogP contribution is -2.25. The molecule has 150 valence electrons. The second-order valence-corrected chi connectivity index (χ2v) is 7.18. The fourth-order valence-corrected chi connectivity index (χ4v) is 3.06. The average molecular weight is 394 g/mol. The van der Waals surface area contributed by atoms with E-state index in [-0.39, 0.29) is 17.6 Å². The normalized spacial score (nSPS) is 13.4. The Labute approximate surface area is 168 Å². The minimum absolute atomic E-state index is 0.201. The number of benzene rings is 2. The number of rotatable bonds is 9. The number of halogens is 1. The molecule has 3 aromatic rings. The van der Waals surface area contributed by atoms with Crippen molar-refractivity contribution in [2.24, 2.45) is 5.92 Å². The molecule has 2 aromatic carbocycles. The molecule has 1 aliphatic rings. The fourth-order valence-electron chi connectivity index (χ4n) is 3.06. The van der Waals surface area contributed by atoms with Gasteiger partial charge in [-0.25, -0.2) is 9.37 Å². The maximum Gasteiger partial charge on any atom is 0.252 e. The molecule has 1 amide bonds. The molecule has 29 heavy (non-hydrogen) atoms. The summed E-state index contributed by atoms with van der Waals surface area (Å²) in [6, 6.07) is 13.4. The first-order chi connectivity index (χ1) is 14.2. The zero-order chi connectivity index (χ0) is 20.1. The smallest absolute Gasteiger partial charge is 0.252 e. The number of hydrogen-bond acceptors (Lipinski definition) is 4. The standard InChI is InChI=1S/C23H23FN2O3/c24-20-9-4-3-8-19(20)21-14-26-23(29-21)18-7-2-1-6-17(18)22(27)25-12-5-13-28-15-16-10-11-16/h1-4,6-9,14,16H,5,10-13,15H2,(H,25,27). The summed E-state index contributed by atoms with van der Waals surface area (Å²) in [5, 5.41) is 2.91. The predicted molar refractivity (Wildman–Crippen MR) is 108 cm³/mol. The number of ether oxygens (including phenoxy) is 1. The molecule has 0 saturated heterocycles. The topological polar surface area (TPSA) is 64.4 Å². The average Bonchev–Trinajstić information content (AvgIpc) is 3.44. The number of oxazole rings is 1. The van der Waals surface area contributed by atoms with Crippen molar-refractivity contribution in [3.05, 3.63) is 66.1 Å². The molecule has 1 aromatic heterocycles. The quantitative estimate of drug-likeness (QED) is 0.535. The highest BCUT2D eigenvalue weighted by Gasteiger charge is 2.21. The van der Waals surface area contributed by atoms with Crippen LogP contribution in [0.1, 0.15) is 29.6 Å². The van der Waals surface area contributed by atoms with Gasteiger partial charge in [0.25, 0.3) is 5.91 Å². The van der Waals surface area contributed by atoms with E-state index >= 15 is 0 Å². The zero-order valence-electron chi connectivity index (χ0n) is 16.1. The van der Waals surface area contributed by atoms with Crippen molar-refractivity contribution in [1.82, 2.24) is 10.3 Å². The summed E-state index contributed by atoms with van der Waals surface area (Å²) in [6.45, 7) is 2.00. The maximum atomic E-state index is 14.0. The number of carbonyl (C=O) groups excluding carboxylic acids is 1. The van der Waals surface area contributed by atoms with Crippen LogP contribution in [0, 0.1) is 11.7 Å². The molecule has 0 bridgehead atoms. The highest BCUT2D eigenvalue weighted by molar-refractivity contribution is 6.00. The Hall–Kier alpha value is -2.99. The van der Waals surface area contributed by atoms with Gasteiger partial charge in [0.2, 0.25) is 5.89 Å². The van der Waals surface area contributed by atoms with Gasteiger partial charge < -0.3 is 14.5 Å². The highest BCUT2D eigenvalue weighted by atomic mass is 19.1. The third-order valence-corrected chi connectivity index (χ3v) is 4.85. The van der Waals surface area contributed by atoms with Gasteiger partial charge in [-0.15, -0.1) is 0 Å². The minimum atomic E-state index is -0.384. The van der Waals surface area contributed by atoms with Crippen molar-refractivity contribution in [3.8, 4) is 22.8 Å². The van der Waals surface area contributed by atoms with Crippen molar-refractivity contribution >= 4 is 5.91 Å². The van der Waals surface area contributed by atoms with Gasteiger partial charge in [-0.1, -0.05) is 24.3 Å². The largest absolute Gasteiger partial charge is 0.436 e. The molecule has 1 aliphatic carbocycles. The second kappa shape index (κ2) is 9.01. The highest BCUT2D eigenvalue weighted by Crippen LogP contribution is 2.30. The van der Waals surface area contributed by atoms with Gasteiger partial charge in [0.05, 0.1) is 17.3 Å². The van der Waals surface area contributed by atoms with Crippen LogP contribution in [0.2, 0.25) is 0 Å². The summed E-state index contributed by atoms with van der Waals surface area (Å²) in [6.07, 6.45) is 4.77. The van der Waals surface area contributed by atoms with Crippen LogP contribution in [0.5, 0.6) is 0 Å². The summed E-state index contributed by atoms with van der Waals surface area (Å²) in [4.78, 5) is 16.9. The predicted octanol–water partition coefficient (Wildman–Crippen LogP) is 4.69. The van der Waals surface area contributed by atoms with Crippen LogP contribution in [-0.2, 0) is 4.74 Å². The summed E-state index contributed by atoms with van der Waals surface area (Å²) >= 11 is 0. The first-order valence-corrected chi connectivity index (χ1v) is 9.88. The van der Waals surface area contributed by atoms with E-state index in [1.165, 1.54) is 25.1 Å². The molecule has 0 atom stereocenters. The van der Waals surface area contributed by atoms with Crippen LogP contribution in [-0.4, -0.2) is 30.6 Å². The molecule has 4 rings (SSSR count). The van der Waals surface area contributed by atoms with E-state index in [1.807, 2.05) is 6.07 Å². The summed E-state index contributed by atoms with van der Waals surface area (Å²) in [7, 11) is 0. The van der Waals surface area contributed by atoms with Crippen molar-refractivity contribution in [3.63, 3.8) is 0 Å². The van der Waals surface area contributed by atoms with E-state index < -0.39 is 0 Å². The van der Waals surface area contributed by atoms with Crippen molar-refractivity contribution < 1.29 is 18.3 Å². The first-order valence-electron chi connectivity index (χ1n) is 9.88. The van der Waals surface area contributed by atoms with E-state index in [4.69, 9.17) is 9.15 Å². The molecular weight excluding hydrogens is 371 g/mol. The maximum absolute atomic E-state index is 14.0. The van der Waals surface area contributed by atoms with Crippen LogP contribution >= 0.6 is 0 Å². The van der Waals surface area contributed by atoms with E-state index in [9.17, 15) is 9.18 Å². The Morgan fingerprint density at radius 1 is 1.14 bits per heavy atom. The van der Waals surface area contributed by atoms with Crippen molar-refractivity contribution in [1.29, 1.82) is 0 Å². The Morgan fingerprint density at radius 2 is 1.90 bits per heavy atom. The van der Waals surface area contributed by atoms with Crippen molar-refractivity contribution in [2.75, 3.05) is 19.8 Å². The number of nitrogens with one attached hydrogen (secondary N) is 1. The molecule has 0 radical (unpaired) electrons. The first kappa shape index (κ1) is 19.3. The lowest BCUT2D eigenvalue weighted by atomic mass is 10.1. The van der Waals surface area contributed by atoms with Crippen LogP contribution in [0.25, 0.3) is 22.8 Å². The van der Waals surface area contributed by atoms with Crippen LogP contribution < -0.4 is 5.32 Å². The van der Waals surface area contributed by atoms with Gasteiger partial charge >= 0.3 is 0 Å². The number of nitrogens with zero attached hydrogens (tertiary/aromatic N) is 1. The Kier molecular flexibility index (Phi) is 6.00. The minimum Gasteiger partial charge on any atom is -0.436 e. The molecule has 1 fully saturated rings. The molecule has 1 heterocycles. The van der Waals surface area contributed by atoms with Crippen LogP contribution in [0.4, 0.5) is 4.39 Å². The lowest BCUT2D eigenvalue weighted by Gasteiger charge is -2.08. The Morgan fingerprint density at radius 3 is 2.69 bits per heavy atom. The van der Waals surface area contributed by atoms with Gasteiger partial charge in [-0.3, -0.25) is 4.79 Å². The van der Waals surface area contributed by atoms with Gasteiger partial charge in [0.1, 0.15) is 5.82 Å². The molecule has 0 unspecified atom stereocenters. The molecular formula is C23H23FN2O3. The van der Waals surface area contributed by atoms with Gasteiger partial charge in [-0.05, 0) is 49.4 Å². The van der Waals surface area contributed by atoms with Gasteiger partial charge in [0.15, 0.2) is 5.76 Å². The Balaban J connectivity index is 1.41. The molecule has 1 N–H and O–H groups in total. The molecule has 0 spiro atoms. The van der Waals surface area contributed by atoms with E-state index in [1.54, 1.807) is 36.4 Å². The summed E-state index contributed by atoms with van der Waals surface area (Å²) < 4.78 is 25.4. The lowest BCUT2D eigenvalue weighted by molar-refractivity contribution is 0.0937. The SMILES string of the molecule is O=C(NCCCOCC1CC1)c1ccccc1-c1ncc(-c2ccccc2F)o1. The van der Waals surface area contributed by atoms with Crippen molar-refractivity contribution in [2.45, 2.75) is 19.3 Å². The summed E-state index contributed by atoms with van der Waals surface area (Å²) in [5.74, 6) is 0.757. The van der Waals surface area contributed by atoms with Gasteiger partial charge in [-0.2, -0.15) is 0 Å². The summed E-state index contributed by atoms with van der Waals surface area (Å²) in [5.41, 5.74) is 1.37. The Bertz CT molecular complexity index is 982. The van der Waals surface area contributed by atoms with E-state index in [0.29, 0.717) is 35.6 Å². The van der Waals surface area contributed by atoms with Gasteiger partial charge in [0, 0.05) is 25.3 Å². The second-order valence-electron chi connectivity index (χ2n) is 7.18. The third kappa shape index (κ3) is 4.90. The third-order valence-electron chi connectivity index (χ3n) is 4.85. The van der Waals surface area contributed by atoms with E-state index in [2.05, 4.69) is 10.3 Å². The zero-order valence-corrected chi connectivity index (χ0v) is 16.1. The number of aromatic nitrogens is 1. The molecule has 0 aliphatic heterocycles. The van der Waals surface area contributed by atoms with E-state index in [0.717, 1.165) is 18.9 Å². The molecule has 6 heteroatoms. The molecule has 1 saturated carbocycles. The number of hydrogen-bond donors (Lipinski definition) is 1. The number of amides is 1. The van der Waals surface area contributed by atoms with Crippen LogP contribution in [0.3, 0.4) is 0 Å². The number of carbonyl (C=O) groups is 1. The van der Waals surface area contributed by atoms with Crippen LogP contribution in [0.15, 0.2) is 59.1 Å².